The average Bonchev–Trinajstić information content (AvgIpc) is 3.53. The smallest absolute Gasteiger partial charge is 0.222 e. The molecule has 1 aliphatic carbocycles. The van der Waals surface area contributed by atoms with Crippen molar-refractivity contribution >= 4 is 23.6 Å². The molecule has 1 aromatic heterocycles. The molecular weight excluding hydrogens is 648 g/mol. The third-order valence-corrected chi connectivity index (χ3v) is 10.2. The lowest BCUT2D eigenvalue weighted by Crippen LogP contribution is -2.39. The van der Waals surface area contributed by atoms with Gasteiger partial charge in [-0.3, -0.25) is 4.79 Å². The van der Waals surface area contributed by atoms with Crippen molar-refractivity contribution in [1.82, 2.24) is 9.47 Å². The van der Waals surface area contributed by atoms with Gasteiger partial charge in [0.2, 0.25) is 5.91 Å². The molecule has 8 heteroatoms. The van der Waals surface area contributed by atoms with Gasteiger partial charge in [-0.15, -0.1) is 0 Å². The van der Waals surface area contributed by atoms with Crippen LogP contribution in [-0.2, 0) is 35.5 Å². The summed E-state index contributed by atoms with van der Waals surface area (Å²) < 4.78 is 24.6. The Morgan fingerprint density at radius 3 is 2.42 bits per heavy atom. The summed E-state index contributed by atoms with van der Waals surface area (Å²) in [7, 11) is 5.03. The molecule has 7 nitrogen and oxygen atoms in total. The highest BCUT2D eigenvalue weighted by atomic mass is 35.5. The normalized spacial score (nSPS) is 15.5. The van der Waals surface area contributed by atoms with Crippen LogP contribution in [0.4, 0.5) is 0 Å². The van der Waals surface area contributed by atoms with E-state index < -0.39 is 0 Å². The Kier molecular flexibility index (Phi) is 12.2. The monoisotopic (exact) mass is 696 g/mol. The highest BCUT2D eigenvalue weighted by Crippen LogP contribution is 2.35. The predicted octanol–water partition coefficient (Wildman–Crippen LogP) is 9.13. The molecule has 1 aliphatic heterocycles. The highest BCUT2D eigenvalue weighted by Gasteiger charge is 2.28. The van der Waals surface area contributed by atoms with Crippen LogP contribution < -0.4 is 14.2 Å². The van der Waals surface area contributed by atoms with Crippen molar-refractivity contribution in [1.29, 1.82) is 0 Å². The number of fused-ring (bicyclic) bond motifs is 1. The Labute approximate surface area is 301 Å². The van der Waals surface area contributed by atoms with E-state index in [0.29, 0.717) is 41.2 Å². The summed E-state index contributed by atoms with van der Waals surface area (Å²) in [4.78, 5) is 15.5. The fraction of sp³-hybridized carbons (Fsp3) is 0.405. The second kappa shape index (κ2) is 17.1. The second-order valence-corrected chi connectivity index (χ2v) is 13.7. The fourth-order valence-corrected chi connectivity index (χ4v) is 7.51. The number of likely N-dealkylation sites (tertiary alicyclic amines) is 1. The van der Waals surface area contributed by atoms with Gasteiger partial charge in [0.25, 0.3) is 0 Å². The molecule has 0 bridgehead atoms. The highest BCUT2D eigenvalue weighted by molar-refractivity contribution is 6.32. The Hall–Kier alpha value is -4.20. The maximum Gasteiger partial charge on any atom is 0.222 e. The Bertz CT molecular complexity index is 1760. The topological polar surface area (TPSA) is 62.2 Å². The minimum absolute atomic E-state index is 0.274. The first-order valence-corrected chi connectivity index (χ1v) is 18.2. The zero-order valence-electron chi connectivity index (χ0n) is 29.6. The van der Waals surface area contributed by atoms with Gasteiger partial charge in [-0.05, 0) is 103 Å². The number of nitrogens with zero attached hydrogens (tertiary/aromatic N) is 2. The molecule has 0 radical (unpaired) electrons. The standard InChI is InChI=1S/C42H49ClN2O5/c1-47-22-8-21-45-39-12-5-4-10-34(39)26-40(45)35-11-7-20-44(28-35)42(46)13-6-9-30-14-16-32(17-15-30)33-18-19-41(38(43)25-33)50-29-31-23-36(48-2)27-37(24-31)49-3/h4,10,14-19,23-27,35H,5-9,11-13,20-22,28-29H2,1-3H3. The first-order valence-electron chi connectivity index (χ1n) is 17.8. The van der Waals surface area contributed by atoms with Gasteiger partial charge >= 0.3 is 0 Å². The molecular formula is C42H49ClN2O5. The van der Waals surface area contributed by atoms with Crippen LogP contribution >= 0.6 is 11.6 Å². The number of hydrogen-bond acceptors (Lipinski definition) is 5. The lowest BCUT2D eigenvalue weighted by Gasteiger charge is -2.34. The van der Waals surface area contributed by atoms with E-state index >= 15 is 0 Å². The summed E-state index contributed by atoms with van der Waals surface area (Å²) in [5.74, 6) is 2.69. The minimum atomic E-state index is 0.274. The molecule has 0 N–H and O–H groups in total. The van der Waals surface area contributed by atoms with E-state index in [1.54, 1.807) is 21.3 Å². The van der Waals surface area contributed by atoms with E-state index in [0.717, 1.165) is 87.9 Å². The van der Waals surface area contributed by atoms with Crippen molar-refractivity contribution < 1.29 is 23.7 Å². The zero-order chi connectivity index (χ0) is 34.9. The Morgan fingerprint density at radius 1 is 0.900 bits per heavy atom. The number of carbonyl (C=O) groups excluding carboxylic acids is 1. The number of amides is 1. The summed E-state index contributed by atoms with van der Waals surface area (Å²) in [5, 5.41) is 0.552. The molecule has 50 heavy (non-hydrogen) atoms. The van der Waals surface area contributed by atoms with E-state index in [-0.39, 0.29) is 5.91 Å². The van der Waals surface area contributed by atoms with E-state index in [1.807, 2.05) is 36.4 Å². The molecule has 4 aromatic rings. The zero-order valence-corrected chi connectivity index (χ0v) is 30.3. The van der Waals surface area contributed by atoms with Gasteiger partial charge in [0.1, 0.15) is 23.9 Å². The largest absolute Gasteiger partial charge is 0.497 e. The number of aryl methyl sites for hydroxylation is 1. The number of benzene rings is 3. The molecule has 6 rings (SSSR count). The first-order chi connectivity index (χ1) is 24.4. The number of halogens is 1. The maximum absolute atomic E-state index is 13.4. The molecule has 264 valence electrons. The van der Waals surface area contributed by atoms with E-state index in [1.165, 1.54) is 22.5 Å². The summed E-state index contributed by atoms with van der Waals surface area (Å²) >= 11 is 6.64. The maximum atomic E-state index is 13.4. The predicted molar refractivity (Wildman–Crippen MR) is 201 cm³/mol. The van der Waals surface area contributed by atoms with Crippen LogP contribution in [-0.4, -0.2) is 56.4 Å². The van der Waals surface area contributed by atoms with Crippen LogP contribution in [0.3, 0.4) is 0 Å². The van der Waals surface area contributed by atoms with E-state index in [2.05, 4.69) is 52.0 Å². The van der Waals surface area contributed by atoms with Gasteiger partial charge < -0.3 is 28.4 Å². The van der Waals surface area contributed by atoms with Crippen LogP contribution in [0.25, 0.3) is 17.2 Å². The molecule has 1 amide bonds. The van der Waals surface area contributed by atoms with Gasteiger partial charge in [-0.25, -0.2) is 0 Å². The molecule has 2 heterocycles. The van der Waals surface area contributed by atoms with Crippen LogP contribution in [0.1, 0.15) is 72.5 Å². The Morgan fingerprint density at radius 2 is 1.68 bits per heavy atom. The van der Waals surface area contributed by atoms with E-state index in [9.17, 15) is 4.79 Å². The number of piperidine rings is 1. The van der Waals surface area contributed by atoms with Crippen molar-refractivity contribution in [3.05, 3.63) is 106 Å². The fourth-order valence-electron chi connectivity index (χ4n) is 7.27. The molecule has 3 aromatic carbocycles. The summed E-state index contributed by atoms with van der Waals surface area (Å²) in [6.07, 6.45) is 12.2. The molecule has 1 unspecified atom stereocenters. The lowest BCUT2D eigenvalue weighted by atomic mass is 9.93. The number of allylic oxidation sites excluding steroid dienone is 1. The van der Waals surface area contributed by atoms with Gasteiger partial charge in [0.05, 0.1) is 19.2 Å². The SMILES string of the molecule is COCCCn1c(C2CCCN(C(=O)CCCc3ccc(-c4ccc(OCc5cc(OC)cc(OC)c5)c(Cl)c4)cc3)C2)cc2c1CCC=C2. The third kappa shape index (κ3) is 8.74. The summed E-state index contributed by atoms with van der Waals surface area (Å²) in [6.45, 7) is 3.75. The molecule has 0 saturated carbocycles. The van der Waals surface area contributed by atoms with Crippen LogP contribution in [0.2, 0.25) is 5.02 Å². The summed E-state index contributed by atoms with van der Waals surface area (Å²) in [6, 6.07) is 22.5. The van der Waals surface area contributed by atoms with Crippen molar-refractivity contribution in [2.45, 2.75) is 70.4 Å². The third-order valence-electron chi connectivity index (χ3n) is 9.92. The number of aromatic nitrogens is 1. The van der Waals surface area contributed by atoms with Crippen molar-refractivity contribution in [3.8, 4) is 28.4 Å². The lowest BCUT2D eigenvalue weighted by molar-refractivity contribution is -0.132. The van der Waals surface area contributed by atoms with Crippen molar-refractivity contribution in [2.75, 3.05) is 41.0 Å². The van der Waals surface area contributed by atoms with Crippen molar-refractivity contribution in [3.63, 3.8) is 0 Å². The van der Waals surface area contributed by atoms with Crippen molar-refractivity contribution in [2.24, 2.45) is 0 Å². The number of methoxy groups -OCH3 is 3. The molecule has 1 saturated heterocycles. The number of ether oxygens (including phenoxy) is 4. The van der Waals surface area contributed by atoms with Gasteiger partial charge in [0, 0.05) is 63.1 Å². The Balaban J connectivity index is 1.00. The van der Waals surface area contributed by atoms with Crippen LogP contribution in [0, 0.1) is 0 Å². The summed E-state index contributed by atoms with van der Waals surface area (Å²) in [5.41, 5.74) is 8.46. The second-order valence-electron chi connectivity index (χ2n) is 13.3. The van der Waals surface area contributed by atoms with Gasteiger partial charge in [-0.2, -0.15) is 0 Å². The minimum Gasteiger partial charge on any atom is -0.497 e. The van der Waals surface area contributed by atoms with Gasteiger partial charge in [-0.1, -0.05) is 54.1 Å². The molecule has 2 aliphatic rings. The van der Waals surface area contributed by atoms with Gasteiger partial charge in [0.15, 0.2) is 0 Å². The quantitative estimate of drug-likeness (QED) is 0.116. The average molecular weight is 697 g/mol. The van der Waals surface area contributed by atoms with Crippen LogP contribution in [0.5, 0.6) is 17.2 Å². The number of rotatable bonds is 15. The molecule has 1 fully saturated rings. The van der Waals surface area contributed by atoms with Crippen LogP contribution in [0.15, 0.2) is 72.8 Å². The van der Waals surface area contributed by atoms with E-state index in [4.69, 9.17) is 30.5 Å². The number of hydrogen-bond donors (Lipinski definition) is 0. The first kappa shape index (κ1) is 35.6. The molecule has 1 atom stereocenters. The molecule has 0 spiro atoms. The number of carbonyl (C=O) groups is 1.